The molecule has 17 heavy (non-hydrogen) atoms. The second-order valence-corrected chi connectivity index (χ2v) is 5.40. The summed E-state index contributed by atoms with van der Waals surface area (Å²) in [5.74, 6) is -0.445. The van der Waals surface area contributed by atoms with Gasteiger partial charge < -0.3 is 0 Å². The van der Waals surface area contributed by atoms with Crippen molar-refractivity contribution in [2.24, 2.45) is 0 Å². The van der Waals surface area contributed by atoms with Gasteiger partial charge in [-0.2, -0.15) is 5.26 Å². The minimum absolute atomic E-state index is 0.196. The van der Waals surface area contributed by atoms with Crippen molar-refractivity contribution in [1.82, 2.24) is 4.72 Å². The number of hydrogen-bond donors (Lipinski definition) is 1. The fraction of sp³-hybridized carbons (Fsp3) is 0.273. The highest BCUT2D eigenvalue weighted by atomic mass is 32.2. The van der Waals surface area contributed by atoms with Crippen molar-refractivity contribution in [2.75, 3.05) is 6.54 Å². The third-order valence-corrected chi connectivity index (χ3v) is 3.28. The average molecular weight is 252 g/mol. The second kappa shape index (κ2) is 5.57. The Morgan fingerprint density at radius 2 is 1.94 bits per heavy atom. The van der Waals surface area contributed by atoms with Gasteiger partial charge >= 0.3 is 0 Å². The summed E-state index contributed by atoms with van der Waals surface area (Å²) >= 11 is 0. The van der Waals surface area contributed by atoms with Gasteiger partial charge in [0.15, 0.2) is 0 Å². The highest BCUT2D eigenvalue weighted by Crippen LogP contribution is 2.06. The molecule has 1 N–H and O–H groups in total. The van der Waals surface area contributed by atoms with E-state index in [-0.39, 0.29) is 18.1 Å². The molecule has 90 valence electrons. The molecule has 0 aliphatic carbocycles. The van der Waals surface area contributed by atoms with Crippen LogP contribution in [0.1, 0.15) is 18.1 Å². The number of nitrogens with zero attached hydrogens (tertiary/aromatic N) is 1. The van der Waals surface area contributed by atoms with Crippen molar-refractivity contribution in [3.8, 4) is 6.07 Å². The Kier molecular flexibility index (Phi) is 4.37. The van der Waals surface area contributed by atoms with Crippen LogP contribution < -0.4 is 4.72 Å². The first kappa shape index (κ1) is 13.4. The van der Waals surface area contributed by atoms with Crippen LogP contribution in [0.5, 0.6) is 0 Å². The summed E-state index contributed by atoms with van der Waals surface area (Å²) in [7, 11) is -3.50. The van der Waals surface area contributed by atoms with Gasteiger partial charge in [0.25, 0.3) is 0 Å². The van der Waals surface area contributed by atoms with Crippen LogP contribution in [0.2, 0.25) is 0 Å². The summed E-state index contributed by atoms with van der Waals surface area (Å²) < 4.78 is 25.3. The van der Waals surface area contributed by atoms with Crippen LogP contribution in [-0.2, 0) is 20.6 Å². The van der Waals surface area contributed by atoms with E-state index in [0.29, 0.717) is 11.1 Å². The lowest BCUT2D eigenvalue weighted by atomic mass is 10.2. The minimum Gasteiger partial charge on any atom is -0.299 e. The number of Topliss-reactive ketones (excluding diaryl/α,β-unsaturated/α-hetero) is 1. The topological polar surface area (TPSA) is 87.0 Å². The van der Waals surface area contributed by atoms with E-state index in [9.17, 15) is 13.2 Å². The maximum Gasteiger partial charge on any atom is 0.216 e. The molecule has 0 bridgehead atoms. The minimum atomic E-state index is -3.50. The van der Waals surface area contributed by atoms with Gasteiger partial charge in [0.2, 0.25) is 10.0 Å². The summed E-state index contributed by atoms with van der Waals surface area (Å²) in [4.78, 5) is 10.7. The zero-order valence-electron chi connectivity index (χ0n) is 9.30. The molecule has 0 aliphatic rings. The monoisotopic (exact) mass is 252 g/mol. The highest BCUT2D eigenvalue weighted by Gasteiger charge is 2.11. The van der Waals surface area contributed by atoms with Crippen molar-refractivity contribution in [3.05, 3.63) is 35.4 Å². The van der Waals surface area contributed by atoms with Gasteiger partial charge in [0.05, 0.1) is 23.9 Å². The van der Waals surface area contributed by atoms with E-state index in [1.807, 2.05) is 6.07 Å². The number of sulfonamides is 1. The predicted molar refractivity (Wildman–Crippen MR) is 62.5 cm³/mol. The molecule has 0 atom stereocenters. The van der Waals surface area contributed by atoms with Crippen LogP contribution >= 0.6 is 0 Å². The lowest BCUT2D eigenvalue weighted by Crippen LogP contribution is -2.29. The van der Waals surface area contributed by atoms with E-state index in [1.54, 1.807) is 24.3 Å². The van der Waals surface area contributed by atoms with Crippen molar-refractivity contribution >= 4 is 15.8 Å². The number of ketones is 1. The third-order valence-electron chi connectivity index (χ3n) is 1.98. The highest BCUT2D eigenvalue weighted by molar-refractivity contribution is 7.88. The number of nitriles is 1. The van der Waals surface area contributed by atoms with E-state index >= 15 is 0 Å². The van der Waals surface area contributed by atoms with Gasteiger partial charge in [0.1, 0.15) is 5.78 Å². The van der Waals surface area contributed by atoms with Crippen LogP contribution in [-0.4, -0.2) is 20.7 Å². The summed E-state index contributed by atoms with van der Waals surface area (Å²) in [6.45, 7) is 1.11. The van der Waals surface area contributed by atoms with Gasteiger partial charge in [-0.25, -0.2) is 13.1 Å². The number of benzene rings is 1. The first-order chi connectivity index (χ1) is 7.93. The number of carbonyl (C=O) groups is 1. The summed E-state index contributed by atoms with van der Waals surface area (Å²) in [6.07, 6.45) is 0. The van der Waals surface area contributed by atoms with Crippen LogP contribution in [0.25, 0.3) is 0 Å². The molecule has 0 radical (unpaired) electrons. The molecular formula is C11H12N2O3S. The summed E-state index contributed by atoms with van der Waals surface area (Å²) in [5, 5.41) is 8.59. The molecule has 1 aromatic rings. The molecule has 0 saturated carbocycles. The molecule has 1 aromatic carbocycles. The van der Waals surface area contributed by atoms with E-state index in [0.717, 1.165) is 0 Å². The predicted octanol–water partition coefficient (Wildman–Crippen LogP) is 0.567. The normalized spacial score (nSPS) is 10.8. The van der Waals surface area contributed by atoms with Crippen molar-refractivity contribution in [2.45, 2.75) is 12.7 Å². The Labute approximate surface area is 100 Å². The van der Waals surface area contributed by atoms with Crippen LogP contribution in [0.3, 0.4) is 0 Å². The molecule has 0 heterocycles. The average Bonchev–Trinajstić information content (AvgIpc) is 2.27. The second-order valence-electron chi connectivity index (χ2n) is 3.59. The maximum atomic E-state index is 11.5. The van der Waals surface area contributed by atoms with Gasteiger partial charge in [-0.1, -0.05) is 12.1 Å². The van der Waals surface area contributed by atoms with Crippen molar-refractivity contribution in [3.63, 3.8) is 0 Å². The van der Waals surface area contributed by atoms with E-state index in [1.165, 1.54) is 6.92 Å². The lowest BCUT2D eigenvalue weighted by molar-refractivity contribution is -0.115. The number of carbonyl (C=O) groups excluding carboxylic acids is 1. The Bertz CT molecular complexity index is 541. The third kappa shape index (κ3) is 4.76. The molecule has 0 unspecified atom stereocenters. The molecule has 0 fully saturated rings. The van der Waals surface area contributed by atoms with Crippen molar-refractivity contribution < 1.29 is 13.2 Å². The van der Waals surface area contributed by atoms with Gasteiger partial charge in [-0.15, -0.1) is 0 Å². The molecular weight excluding hydrogens is 240 g/mol. The fourth-order valence-electron chi connectivity index (χ4n) is 1.16. The van der Waals surface area contributed by atoms with Crippen LogP contribution in [0.4, 0.5) is 0 Å². The first-order valence-corrected chi connectivity index (χ1v) is 6.54. The molecule has 6 heteroatoms. The van der Waals surface area contributed by atoms with Crippen LogP contribution in [0, 0.1) is 11.3 Å². The van der Waals surface area contributed by atoms with E-state index in [2.05, 4.69) is 4.72 Å². The number of hydrogen-bond acceptors (Lipinski definition) is 4. The quantitative estimate of drug-likeness (QED) is 0.829. The molecule has 0 aliphatic heterocycles. The zero-order chi connectivity index (χ0) is 12.9. The first-order valence-electron chi connectivity index (χ1n) is 4.89. The number of rotatable bonds is 5. The lowest BCUT2D eigenvalue weighted by Gasteiger charge is -2.04. The molecule has 0 aromatic heterocycles. The smallest absolute Gasteiger partial charge is 0.216 e. The molecule has 5 nitrogen and oxygen atoms in total. The molecule has 1 rings (SSSR count). The van der Waals surface area contributed by atoms with Crippen LogP contribution in [0.15, 0.2) is 24.3 Å². The molecule has 0 amide bonds. The summed E-state index contributed by atoms with van der Waals surface area (Å²) in [5.41, 5.74) is 1.04. The standard InChI is InChI=1S/C11H12N2O3S/c1-9(14)7-13-17(15,16)8-11-4-2-10(6-12)3-5-11/h2-5,13H,7-8H2,1H3. The largest absolute Gasteiger partial charge is 0.299 e. The zero-order valence-corrected chi connectivity index (χ0v) is 10.1. The van der Waals surface area contributed by atoms with E-state index < -0.39 is 10.0 Å². The van der Waals surface area contributed by atoms with Gasteiger partial charge in [-0.3, -0.25) is 4.79 Å². The van der Waals surface area contributed by atoms with Gasteiger partial charge in [0, 0.05) is 0 Å². The Morgan fingerprint density at radius 3 is 2.41 bits per heavy atom. The van der Waals surface area contributed by atoms with Crippen molar-refractivity contribution in [1.29, 1.82) is 5.26 Å². The Hall–Kier alpha value is -1.71. The number of nitrogens with one attached hydrogen (secondary N) is 1. The Balaban J connectivity index is 2.70. The van der Waals surface area contributed by atoms with E-state index in [4.69, 9.17) is 5.26 Å². The molecule has 0 saturated heterocycles. The molecule has 0 spiro atoms. The SMILES string of the molecule is CC(=O)CNS(=O)(=O)Cc1ccc(C#N)cc1. The summed E-state index contributed by atoms with van der Waals surface area (Å²) in [6, 6.07) is 8.20. The fourth-order valence-corrected chi connectivity index (χ4v) is 2.31. The maximum absolute atomic E-state index is 11.5. The Morgan fingerprint density at radius 1 is 1.35 bits per heavy atom. The van der Waals surface area contributed by atoms with Gasteiger partial charge in [-0.05, 0) is 24.6 Å².